The number of aromatic amines is 1. The summed E-state index contributed by atoms with van der Waals surface area (Å²) in [4.78, 5) is 16.2. The summed E-state index contributed by atoms with van der Waals surface area (Å²) in [6.45, 7) is 1.01. The molecule has 2 aromatic rings. The lowest BCUT2D eigenvalue weighted by Crippen LogP contribution is -2.51. The quantitative estimate of drug-likeness (QED) is 0.867. The van der Waals surface area contributed by atoms with Gasteiger partial charge in [-0.1, -0.05) is 6.07 Å². The van der Waals surface area contributed by atoms with Gasteiger partial charge in [-0.25, -0.2) is 4.98 Å². The topological polar surface area (TPSA) is 89.1 Å². The molecule has 0 aromatic carbocycles. The maximum atomic E-state index is 12.1. The number of pyridine rings is 1. The van der Waals surface area contributed by atoms with E-state index in [2.05, 4.69) is 20.5 Å². The van der Waals surface area contributed by atoms with Crippen LogP contribution in [0.4, 0.5) is 0 Å². The second kappa shape index (κ2) is 6.36. The summed E-state index contributed by atoms with van der Waals surface area (Å²) >= 11 is 0. The molecule has 3 rings (SSSR count). The highest BCUT2D eigenvalue weighted by Crippen LogP contribution is 2.15. The molecule has 3 heterocycles. The van der Waals surface area contributed by atoms with Crippen LogP contribution in [0.5, 0.6) is 5.88 Å². The largest absolute Gasteiger partial charge is 0.470 e. The fourth-order valence-electron chi connectivity index (χ4n) is 2.19. The second-order valence-corrected chi connectivity index (χ2v) is 4.74. The number of ether oxygens (including phenoxy) is 2. The number of amides is 1. The number of hydrogen-bond donors (Lipinski definition) is 2. The van der Waals surface area contributed by atoms with Crippen LogP contribution < -0.4 is 10.1 Å². The van der Waals surface area contributed by atoms with Crippen molar-refractivity contribution in [1.29, 1.82) is 0 Å². The number of nitrogens with one attached hydrogen (secondary N) is 2. The van der Waals surface area contributed by atoms with E-state index in [1.807, 2.05) is 12.1 Å². The Balaban J connectivity index is 1.65. The van der Waals surface area contributed by atoms with Gasteiger partial charge in [0, 0.05) is 25.1 Å². The monoisotopic (exact) mass is 288 g/mol. The third-order valence-corrected chi connectivity index (χ3v) is 3.28. The minimum atomic E-state index is -0.263. The van der Waals surface area contributed by atoms with E-state index >= 15 is 0 Å². The Morgan fingerprint density at radius 2 is 2.33 bits per heavy atom. The van der Waals surface area contributed by atoms with E-state index in [0.717, 1.165) is 0 Å². The number of nitrogens with zero attached hydrogens (tertiary/aromatic N) is 2. The summed E-state index contributed by atoms with van der Waals surface area (Å²) in [5.74, 6) is 0.322. The molecule has 0 unspecified atom stereocenters. The molecule has 1 amide bonds. The van der Waals surface area contributed by atoms with E-state index in [0.29, 0.717) is 31.2 Å². The first kappa shape index (κ1) is 13.6. The molecule has 110 valence electrons. The molecule has 2 N–H and O–H groups in total. The average Bonchev–Trinajstić information content (AvgIpc) is 3.05. The molecule has 1 saturated heterocycles. The van der Waals surface area contributed by atoms with Crippen LogP contribution in [0.3, 0.4) is 0 Å². The standard InChI is InChI=1S/C14H16N4O3/c19-14(11-4-7-16-18-11)17-10-5-8-20-9-12(10)21-13-3-1-2-6-15-13/h1-4,6-7,10,12H,5,8-9H2,(H,16,18)(H,17,19)/t10-,12-/m1/s1. The lowest BCUT2D eigenvalue weighted by molar-refractivity contribution is -0.0153. The zero-order valence-corrected chi connectivity index (χ0v) is 11.4. The number of carbonyl (C=O) groups excluding carboxylic acids is 1. The first-order chi connectivity index (χ1) is 10.3. The molecule has 0 saturated carbocycles. The van der Waals surface area contributed by atoms with Crippen LogP contribution >= 0.6 is 0 Å². The highest BCUT2D eigenvalue weighted by molar-refractivity contribution is 5.92. The Kier molecular flexibility index (Phi) is 4.11. The van der Waals surface area contributed by atoms with Gasteiger partial charge in [0.2, 0.25) is 5.88 Å². The molecular weight excluding hydrogens is 272 g/mol. The molecule has 7 heteroatoms. The zero-order valence-electron chi connectivity index (χ0n) is 11.4. The summed E-state index contributed by atoms with van der Waals surface area (Å²) in [5.41, 5.74) is 0.429. The van der Waals surface area contributed by atoms with Crippen molar-refractivity contribution in [3.8, 4) is 5.88 Å². The predicted molar refractivity (Wildman–Crippen MR) is 73.9 cm³/mol. The maximum absolute atomic E-state index is 12.1. The van der Waals surface area contributed by atoms with Crippen LogP contribution in [0.25, 0.3) is 0 Å². The van der Waals surface area contributed by atoms with Gasteiger partial charge < -0.3 is 14.8 Å². The molecule has 2 aromatic heterocycles. The fraction of sp³-hybridized carbons (Fsp3) is 0.357. The maximum Gasteiger partial charge on any atom is 0.269 e. The molecule has 2 atom stereocenters. The number of rotatable bonds is 4. The molecule has 1 fully saturated rings. The second-order valence-electron chi connectivity index (χ2n) is 4.74. The molecule has 1 aliphatic rings. The third kappa shape index (κ3) is 3.38. The molecule has 21 heavy (non-hydrogen) atoms. The third-order valence-electron chi connectivity index (χ3n) is 3.28. The van der Waals surface area contributed by atoms with E-state index < -0.39 is 0 Å². The minimum Gasteiger partial charge on any atom is -0.470 e. The molecule has 7 nitrogen and oxygen atoms in total. The summed E-state index contributed by atoms with van der Waals surface area (Å²) in [7, 11) is 0. The van der Waals surface area contributed by atoms with Crippen molar-refractivity contribution in [2.45, 2.75) is 18.6 Å². The lowest BCUT2D eigenvalue weighted by Gasteiger charge is -2.31. The Bertz CT molecular complexity index is 573. The van der Waals surface area contributed by atoms with E-state index in [9.17, 15) is 4.79 Å². The van der Waals surface area contributed by atoms with E-state index in [1.54, 1.807) is 24.5 Å². The molecule has 0 radical (unpaired) electrons. The van der Waals surface area contributed by atoms with Crippen LogP contribution in [0.2, 0.25) is 0 Å². The van der Waals surface area contributed by atoms with Crippen molar-refractivity contribution in [2.75, 3.05) is 13.2 Å². The average molecular weight is 288 g/mol. The highest BCUT2D eigenvalue weighted by atomic mass is 16.5. The minimum absolute atomic E-state index is 0.128. The molecule has 1 aliphatic heterocycles. The van der Waals surface area contributed by atoms with Gasteiger partial charge in [-0.3, -0.25) is 9.89 Å². The van der Waals surface area contributed by atoms with Crippen molar-refractivity contribution in [3.63, 3.8) is 0 Å². The van der Waals surface area contributed by atoms with Crippen molar-refractivity contribution in [3.05, 3.63) is 42.4 Å². The predicted octanol–water partition coefficient (Wildman–Crippen LogP) is 0.771. The van der Waals surface area contributed by atoms with Gasteiger partial charge in [0.1, 0.15) is 11.8 Å². The molecule has 0 bridgehead atoms. The summed E-state index contributed by atoms with van der Waals surface area (Å²) < 4.78 is 11.2. The first-order valence-electron chi connectivity index (χ1n) is 6.78. The van der Waals surface area contributed by atoms with Crippen LogP contribution in [0.15, 0.2) is 36.7 Å². The highest BCUT2D eigenvalue weighted by Gasteiger charge is 2.29. The zero-order chi connectivity index (χ0) is 14.5. The smallest absolute Gasteiger partial charge is 0.269 e. The van der Waals surface area contributed by atoms with Crippen molar-refractivity contribution >= 4 is 5.91 Å². The van der Waals surface area contributed by atoms with Crippen molar-refractivity contribution in [2.24, 2.45) is 0 Å². The number of aromatic nitrogens is 3. The van der Waals surface area contributed by atoms with E-state index in [-0.39, 0.29) is 18.1 Å². The van der Waals surface area contributed by atoms with Crippen molar-refractivity contribution in [1.82, 2.24) is 20.5 Å². The van der Waals surface area contributed by atoms with Gasteiger partial charge in [0.25, 0.3) is 5.91 Å². The number of hydrogen-bond acceptors (Lipinski definition) is 5. The van der Waals surface area contributed by atoms with Gasteiger partial charge in [0.05, 0.1) is 12.6 Å². The van der Waals surface area contributed by atoms with Gasteiger partial charge in [-0.15, -0.1) is 0 Å². The Morgan fingerprint density at radius 1 is 1.38 bits per heavy atom. The van der Waals surface area contributed by atoms with Gasteiger partial charge in [-0.05, 0) is 18.6 Å². The van der Waals surface area contributed by atoms with Gasteiger partial charge >= 0.3 is 0 Å². The number of H-pyrrole nitrogens is 1. The Morgan fingerprint density at radius 3 is 3.10 bits per heavy atom. The molecule has 0 spiro atoms. The summed E-state index contributed by atoms with van der Waals surface area (Å²) in [6, 6.07) is 6.95. The normalized spacial score (nSPS) is 21.7. The van der Waals surface area contributed by atoms with Crippen LogP contribution in [-0.2, 0) is 4.74 Å². The van der Waals surface area contributed by atoms with Crippen LogP contribution in [0.1, 0.15) is 16.9 Å². The first-order valence-corrected chi connectivity index (χ1v) is 6.78. The van der Waals surface area contributed by atoms with E-state index in [4.69, 9.17) is 9.47 Å². The lowest BCUT2D eigenvalue weighted by atomic mass is 10.1. The SMILES string of the molecule is O=C(N[C@@H]1CCOC[C@H]1Oc1ccccn1)c1ccn[nH]1. The van der Waals surface area contributed by atoms with Crippen LogP contribution in [-0.4, -0.2) is 46.4 Å². The molecular formula is C14H16N4O3. The van der Waals surface area contributed by atoms with Gasteiger partial charge in [-0.2, -0.15) is 5.10 Å². The summed E-state index contributed by atoms with van der Waals surface area (Å²) in [5, 5.41) is 9.36. The Hall–Kier alpha value is -2.41. The van der Waals surface area contributed by atoms with Crippen LogP contribution in [0, 0.1) is 0 Å². The Labute approximate surface area is 121 Å². The number of carbonyl (C=O) groups is 1. The van der Waals surface area contributed by atoms with E-state index in [1.165, 1.54) is 0 Å². The summed E-state index contributed by atoms with van der Waals surface area (Å²) in [6.07, 6.45) is 3.63. The fourth-order valence-corrected chi connectivity index (χ4v) is 2.19. The van der Waals surface area contributed by atoms with Gasteiger partial charge in [0.15, 0.2) is 0 Å². The van der Waals surface area contributed by atoms with Crippen molar-refractivity contribution < 1.29 is 14.3 Å². The molecule has 0 aliphatic carbocycles.